The second-order valence-corrected chi connectivity index (χ2v) is 4.60. The molecule has 1 aromatic rings. The third-order valence-corrected chi connectivity index (χ3v) is 3.03. The summed E-state index contributed by atoms with van der Waals surface area (Å²) in [6.45, 7) is -0.448. The van der Waals surface area contributed by atoms with Gasteiger partial charge in [-0.1, -0.05) is 0 Å². The molecule has 0 bridgehead atoms. The van der Waals surface area contributed by atoms with E-state index in [2.05, 4.69) is 5.10 Å². The van der Waals surface area contributed by atoms with E-state index >= 15 is 0 Å². The van der Waals surface area contributed by atoms with Gasteiger partial charge in [-0.05, 0) is 6.07 Å². The summed E-state index contributed by atoms with van der Waals surface area (Å²) in [5.74, 6) is 0.511. The highest BCUT2D eigenvalue weighted by atomic mass is 16.6. The number of hydrogen-bond donors (Lipinski definition) is 3. The van der Waals surface area contributed by atoms with Gasteiger partial charge in [0.2, 0.25) is 0 Å². The lowest BCUT2D eigenvalue weighted by Crippen LogP contribution is -2.36. The van der Waals surface area contributed by atoms with Crippen molar-refractivity contribution in [1.29, 1.82) is 0 Å². The van der Waals surface area contributed by atoms with Crippen LogP contribution in [-0.4, -0.2) is 64.1 Å². The van der Waals surface area contributed by atoms with Crippen molar-refractivity contribution in [1.82, 2.24) is 9.78 Å². The third-order valence-electron chi connectivity index (χ3n) is 3.03. The van der Waals surface area contributed by atoms with Crippen molar-refractivity contribution in [2.45, 2.75) is 24.5 Å². The van der Waals surface area contributed by atoms with Gasteiger partial charge in [0.1, 0.15) is 24.1 Å². The van der Waals surface area contributed by atoms with Crippen LogP contribution in [0.2, 0.25) is 0 Å². The van der Waals surface area contributed by atoms with Crippen LogP contribution in [0, 0.1) is 0 Å². The molecular formula is C11H17N3O5. The van der Waals surface area contributed by atoms with Crippen molar-refractivity contribution in [3.63, 3.8) is 0 Å². The molecule has 2 heterocycles. The molecule has 0 radical (unpaired) electrons. The van der Waals surface area contributed by atoms with E-state index in [1.165, 1.54) is 6.07 Å². The molecule has 0 amide bonds. The standard InChI is InChI=1S/C11H17N3O5/c1-13(2)7-3-4-8(16)14(12-7)11-10(18)9(17)6(5-15)19-11/h3-4,6,9-11,15,17-18H,5H2,1-2H3/t6-,9-,10-,11-/m1/s1. The molecule has 0 aromatic carbocycles. The van der Waals surface area contributed by atoms with Gasteiger partial charge in [-0.15, -0.1) is 5.10 Å². The highest BCUT2D eigenvalue weighted by Gasteiger charge is 2.44. The molecular weight excluding hydrogens is 254 g/mol. The summed E-state index contributed by atoms with van der Waals surface area (Å²) in [7, 11) is 3.52. The van der Waals surface area contributed by atoms with E-state index in [4.69, 9.17) is 9.84 Å². The molecule has 0 unspecified atom stereocenters. The number of nitrogens with zero attached hydrogens (tertiary/aromatic N) is 3. The molecule has 0 saturated carbocycles. The Morgan fingerprint density at radius 3 is 2.58 bits per heavy atom. The summed E-state index contributed by atoms with van der Waals surface area (Å²) in [5.41, 5.74) is -0.458. The molecule has 1 aromatic heterocycles. The van der Waals surface area contributed by atoms with Crippen molar-refractivity contribution < 1.29 is 20.1 Å². The Hall–Kier alpha value is -1.48. The quantitative estimate of drug-likeness (QED) is 0.579. The van der Waals surface area contributed by atoms with Crippen LogP contribution in [0.1, 0.15) is 6.23 Å². The summed E-state index contributed by atoms with van der Waals surface area (Å²) in [4.78, 5) is 13.5. The Balaban J connectivity index is 2.37. The topological polar surface area (TPSA) is 108 Å². The molecule has 19 heavy (non-hydrogen) atoms. The lowest BCUT2D eigenvalue weighted by Gasteiger charge is -2.19. The Labute approximate surface area is 109 Å². The summed E-state index contributed by atoms with van der Waals surface area (Å²) >= 11 is 0. The first-order chi connectivity index (χ1) is 8.95. The maximum atomic E-state index is 11.8. The van der Waals surface area contributed by atoms with Crippen LogP contribution in [0.25, 0.3) is 0 Å². The second-order valence-electron chi connectivity index (χ2n) is 4.60. The average Bonchev–Trinajstić information content (AvgIpc) is 2.66. The molecule has 8 nitrogen and oxygen atoms in total. The number of rotatable bonds is 3. The lowest BCUT2D eigenvalue weighted by molar-refractivity contribution is -0.0608. The molecule has 3 N–H and O–H groups in total. The van der Waals surface area contributed by atoms with E-state index in [1.807, 2.05) is 0 Å². The van der Waals surface area contributed by atoms with Gasteiger partial charge in [0.15, 0.2) is 6.23 Å². The van der Waals surface area contributed by atoms with Crippen molar-refractivity contribution in [3.05, 3.63) is 22.5 Å². The molecule has 2 rings (SSSR count). The van der Waals surface area contributed by atoms with Crippen LogP contribution < -0.4 is 10.5 Å². The highest BCUT2D eigenvalue weighted by molar-refractivity contribution is 5.33. The van der Waals surface area contributed by atoms with E-state index < -0.39 is 36.7 Å². The van der Waals surface area contributed by atoms with Gasteiger partial charge in [-0.25, -0.2) is 0 Å². The molecule has 4 atom stereocenters. The first-order valence-electron chi connectivity index (χ1n) is 5.85. The zero-order valence-corrected chi connectivity index (χ0v) is 10.7. The molecule has 1 fully saturated rings. The van der Waals surface area contributed by atoms with Crippen molar-refractivity contribution in [2.24, 2.45) is 0 Å². The largest absolute Gasteiger partial charge is 0.394 e. The van der Waals surface area contributed by atoms with Crippen LogP contribution in [0.5, 0.6) is 0 Å². The number of anilines is 1. The Kier molecular flexibility index (Phi) is 3.85. The predicted octanol–water partition coefficient (Wildman–Crippen LogP) is -2.08. The smallest absolute Gasteiger partial charge is 0.269 e. The maximum absolute atomic E-state index is 11.8. The molecule has 8 heteroatoms. The van der Waals surface area contributed by atoms with E-state index in [0.717, 1.165) is 4.68 Å². The van der Waals surface area contributed by atoms with Crippen molar-refractivity contribution in [2.75, 3.05) is 25.6 Å². The van der Waals surface area contributed by atoms with E-state index in [-0.39, 0.29) is 0 Å². The summed E-state index contributed by atoms with van der Waals surface area (Å²) < 4.78 is 6.24. The van der Waals surface area contributed by atoms with E-state index in [1.54, 1.807) is 25.1 Å². The minimum absolute atomic E-state index is 0.448. The Morgan fingerprint density at radius 2 is 2.05 bits per heavy atom. The van der Waals surface area contributed by atoms with Crippen LogP contribution in [0.15, 0.2) is 16.9 Å². The minimum atomic E-state index is -1.32. The number of aliphatic hydroxyl groups excluding tert-OH is 3. The number of aromatic nitrogens is 2. The summed E-state index contributed by atoms with van der Waals surface area (Å²) in [6, 6.07) is 2.84. The summed E-state index contributed by atoms with van der Waals surface area (Å²) in [6.07, 6.45) is -4.62. The molecule has 1 aliphatic heterocycles. The van der Waals surface area contributed by atoms with Crippen LogP contribution in [-0.2, 0) is 4.74 Å². The second kappa shape index (κ2) is 5.25. The molecule has 106 valence electrons. The SMILES string of the molecule is CN(C)c1ccc(=O)n([C@@H]2O[C@H](CO)[C@@H](O)[C@H]2O)n1. The van der Waals surface area contributed by atoms with Crippen molar-refractivity contribution >= 4 is 5.82 Å². The van der Waals surface area contributed by atoms with Gasteiger partial charge in [0.25, 0.3) is 5.56 Å². The van der Waals surface area contributed by atoms with Gasteiger partial charge < -0.3 is 25.0 Å². The average molecular weight is 271 g/mol. The fourth-order valence-corrected chi connectivity index (χ4v) is 1.92. The van der Waals surface area contributed by atoms with Crippen molar-refractivity contribution in [3.8, 4) is 0 Å². The zero-order valence-electron chi connectivity index (χ0n) is 10.7. The number of aliphatic hydroxyl groups is 3. The van der Waals surface area contributed by atoms with Gasteiger partial charge >= 0.3 is 0 Å². The van der Waals surface area contributed by atoms with Crippen LogP contribution >= 0.6 is 0 Å². The first-order valence-corrected chi connectivity index (χ1v) is 5.85. The fourth-order valence-electron chi connectivity index (χ4n) is 1.92. The minimum Gasteiger partial charge on any atom is -0.394 e. The van der Waals surface area contributed by atoms with E-state index in [0.29, 0.717) is 5.82 Å². The Morgan fingerprint density at radius 1 is 1.37 bits per heavy atom. The maximum Gasteiger partial charge on any atom is 0.269 e. The van der Waals surface area contributed by atoms with Gasteiger partial charge in [0, 0.05) is 20.2 Å². The Bertz CT molecular complexity index is 503. The molecule has 0 aliphatic carbocycles. The van der Waals surface area contributed by atoms with Gasteiger partial charge in [-0.2, -0.15) is 4.68 Å². The predicted molar refractivity (Wildman–Crippen MR) is 65.8 cm³/mol. The van der Waals surface area contributed by atoms with E-state index in [9.17, 15) is 15.0 Å². The fraction of sp³-hybridized carbons (Fsp3) is 0.636. The zero-order chi connectivity index (χ0) is 14.2. The summed E-state index contributed by atoms with van der Waals surface area (Å²) in [5, 5.41) is 32.6. The van der Waals surface area contributed by atoms with Gasteiger partial charge in [0.05, 0.1) is 6.61 Å². The molecule has 1 saturated heterocycles. The third kappa shape index (κ3) is 2.47. The molecule has 0 spiro atoms. The normalized spacial score (nSPS) is 30.6. The number of hydrogen-bond acceptors (Lipinski definition) is 7. The molecule has 1 aliphatic rings. The number of ether oxygens (including phenoxy) is 1. The highest BCUT2D eigenvalue weighted by Crippen LogP contribution is 2.27. The van der Waals surface area contributed by atoms with Crippen LogP contribution in [0.3, 0.4) is 0 Å². The first kappa shape index (κ1) is 13.9. The lowest BCUT2D eigenvalue weighted by atomic mass is 10.1. The van der Waals surface area contributed by atoms with Crippen LogP contribution in [0.4, 0.5) is 5.82 Å². The van der Waals surface area contributed by atoms with Gasteiger partial charge in [-0.3, -0.25) is 4.79 Å². The monoisotopic (exact) mass is 271 g/mol.